The highest BCUT2D eigenvalue weighted by Crippen LogP contribution is 2.25. The summed E-state index contributed by atoms with van der Waals surface area (Å²) < 4.78 is 0. The van der Waals surface area contributed by atoms with E-state index in [0.29, 0.717) is 11.7 Å². The monoisotopic (exact) mass is 306 g/mol. The van der Waals surface area contributed by atoms with Crippen LogP contribution in [0.4, 0.5) is 5.69 Å². The van der Waals surface area contributed by atoms with Crippen molar-refractivity contribution < 1.29 is 4.79 Å². The molecule has 2 aliphatic rings. The van der Waals surface area contributed by atoms with Gasteiger partial charge in [0, 0.05) is 49.2 Å². The summed E-state index contributed by atoms with van der Waals surface area (Å²) in [7, 11) is 0. The van der Waals surface area contributed by atoms with E-state index < -0.39 is 0 Å². The molecule has 1 aromatic carbocycles. The molecular weight excluding hydrogens is 284 g/mol. The van der Waals surface area contributed by atoms with E-state index >= 15 is 0 Å². The SMILES string of the molecule is O=C1CCCC1CCN1CCN(c2cccc(Cl)c2)CC1. The molecular formula is C17H23ClN2O. The van der Waals surface area contributed by atoms with Crippen molar-refractivity contribution in [1.29, 1.82) is 0 Å². The summed E-state index contributed by atoms with van der Waals surface area (Å²) in [6.07, 6.45) is 4.08. The summed E-state index contributed by atoms with van der Waals surface area (Å²) in [5.41, 5.74) is 1.22. The lowest BCUT2D eigenvalue weighted by Gasteiger charge is -2.36. The predicted molar refractivity (Wildman–Crippen MR) is 87.1 cm³/mol. The molecule has 0 bridgehead atoms. The van der Waals surface area contributed by atoms with E-state index in [1.165, 1.54) is 5.69 Å². The van der Waals surface area contributed by atoms with Crippen LogP contribution in [-0.4, -0.2) is 43.4 Å². The standard InChI is InChI=1S/C17H23ClN2O/c18-15-4-2-5-16(13-15)20-11-9-19(10-12-20)8-7-14-3-1-6-17(14)21/h2,4-5,13-14H,1,3,6-12H2. The van der Waals surface area contributed by atoms with Gasteiger partial charge in [-0.1, -0.05) is 17.7 Å². The van der Waals surface area contributed by atoms with Crippen LogP contribution in [0.3, 0.4) is 0 Å². The van der Waals surface area contributed by atoms with E-state index in [0.717, 1.165) is 63.4 Å². The van der Waals surface area contributed by atoms with Crippen LogP contribution in [0.5, 0.6) is 0 Å². The van der Waals surface area contributed by atoms with Gasteiger partial charge in [0.1, 0.15) is 5.78 Å². The Balaban J connectivity index is 1.45. The molecule has 1 aliphatic carbocycles. The fourth-order valence-corrected chi connectivity index (χ4v) is 3.62. The Morgan fingerprint density at radius 2 is 2.00 bits per heavy atom. The second-order valence-corrected chi connectivity index (χ2v) is 6.59. The molecule has 21 heavy (non-hydrogen) atoms. The maximum atomic E-state index is 11.7. The van der Waals surface area contributed by atoms with Crippen LogP contribution in [0.25, 0.3) is 0 Å². The lowest BCUT2D eigenvalue weighted by atomic mass is 10.0. The van der Waals surface area contributed by atoms with Gasteiger partial charge in [-0.15, -0.1) is 0 Å². The Kier molecular flexibility index (Phi) is 4.81. The molecule has 1 aromatic rings. The number of benzene rings is 1. The van der Waals surface area contributed by atoms with Crippen molar-refractivity contribution in [3.05, 3.63) is 29.3 Å². The number of carbonyl (C=O) groups excluding carboxylic acids is 1. The van der Waals surface area contributed by atoms with E-state index in [1.54, 1.807) is 0 Å². The summed E-state index contributed by atoms with van der Waals surface area (Å²) in [5, 5.41) is 0.801. The number of hydrogen-bond donors (Lipinski definition) is 0. The highest BCUT2D eigenvalue weighted by atomic mass is 35.5. The van der Waals surface area contributed by atoms with Crippen LogP contribution >= 0.6 is 11.6 Å². The van der Waals surface area contributed by atoms with E-state index in [1.807, 2.05) is 18.2 Å². The number of carbonyl (C=O) groups is 1. The molecule has 3 rings (SSSR count). The first kappa shape index (κ1) is 14.9. The molecule has 1 saturated heterocycles. The number of Topliss-reactive ketones (excluding diaryl/α,β-unsaturated/α-hetero) is 1. The zero-order valence-corrected chi connectivity index (χ0v) is 13.2. The van der Waals surface area contributed by atoms with Gasteiger partial charge in [0.2, 0.25) is 0 Å². The van der Waals surface area contributed by atoms with E-state index in [2.05, 4.69) is 15.9 Å². The molecule has 4 heteroatoms. The average Bonchev–Trinajstić information content (AvgIpc) is 2.91. The lowest BCUT2D eigenvalue weighted by molar-refractivity contribution is -0.120. The molecule has 0 N–H and O–H groups in total. The molecule has 1 unspecified atom stereocenters. The molecule has 0 radical (unpaired) electrons. The van der Waals surface area contributed by atoms with Crippen molar-refractivity contribution in [3.8, 4) is 0 Å². The van der Waals surface area contributed by atoms with Gasteiger partial charge in [-0.05, 0) is 44.0 Å². The summed E-state index contributed by atoms with van der Waals surface area (Å²) in [5.74, 6) is 0.837. The van der Waals surface area contributed by atoms with Gasteiger partial charge in [0.15, 0.2) is 0 Å². The number of hydrogen-bond acceptors (Lipinski definition) is 3. The van der Waals surface area contributed by atoms with Crippen LogP contribution in [-0.2, 0) is 4.79 Å². The second-order valence-electron chi connectivity index (χ2n) is 6.15. The predicted octanol–water partition coefficient (Wildman–Crippen LogP) is 3.22. The zero-order chi connectivity index (χ0) is 14.7. The Labute approximate surface area is 131 Å². The van der Waals surface area contributed by atoms with Crippen molar-refractivity contribution in [2.24, 2.45) is 5.92 Å². The maximum Gasteiger partial charge on any atom is 0.136 e. The van der Waals surface area contributed by atoms with E-state index in [-0.39, 0.29) is 0 Å². The van der Waals surface area contributed by atoms with Gasteiger partial charge in [0.05, 0.1) is 0 Å². The first-order valence-electron chi connectivity index (χ1n) is 7.98. The summed E-state index contributed by atoms with van der Waals surface area (Å²) in [6, 6.07) is 8.09. The van der Waals surface area contributed by atoms with Gasteiger partial charge in [-0.25, -0.2) is 0 Å². The fourth-order valence-electron chi connectivity index (χ4n) is 3.43. The Morgan fingerprint density at radius 1 is 1.19 bits per heavy atom. The smallest absolute Gasteiger partial charge is 0.136 e. The van der Waals surface area contributed by atoms with Crippen molar-refractivity contribution in [3.63, 3.8) is 0 Å². The molecule has 3 nitrogen and oxygen atoms in total. The first-order chi connectivity index (χ1) is 10.2. The Hall–Kier alpha value is -1.06. The van der Waals surface area contributed by atoms with Gasteiger partial charge in [0.25, 0.3) is 0 Å². The number of halogens is 1. The number of nitrogens with zero attached hydrogens (tertiary/aromatic N) is 2. The molecule has 2 fully saturated rings. The average molecular weight is 307 g/mol. The highest BCUT2D eigenvalue weighted by Gasteiger charge is 2.25. The van der Waals surface area contributed by atoms with Gasteiger partial charge in [-0.2, -0.15) is 0 Å². The van der Waals surface area contributed by atoms with Crippen molar-refractivity contribution >= 4 is 23.1 Å². The first-order valence-corrected chi connectivity index (χ1v) is 8.36. The van der Waals surface area contributed by atoms with Gasteiger partial charge < -0.3 is 4.90 Å². The molecule has 1 heterocycles. The molecule has 0 aromatic heterocycles. The number of piperazine rings is 1. The van der Waals surface area contributed by atoms with E-state index in [4.69, 9.17) is 11.6 Å². The van der Waals surface area contributed by atoms with Crippen LogP contribution in [0.2, 0.25) is 5.02 Å². The third-order valence-electron chi connectivity index (χ3n) is 4.77. The second kappa shape index (κ2) is 6.80. The largest absolute Gasteiger partial charge is 0.369 e. The number of anilines is 1. The summed E-state index contributed by atoms with van der Waals surface area (Å²) in [4.78, 5) is 16.6. The lowest BCUT2D eigenvalue weighted by Crippen LogP contribution is -2.47. The van der Waals surface area contributed by atoms with E-state index in [9.17, 15) is 4.79 Å². The summed E-state index contributed by atoms with van der Waals surface area (Å²) in [6.45, 7) is 5.30. The molecule has 1 atom stereocenters. The third kappa shape index (κ3) is 3.78. The van der Waals surface area contributed by atoms with Crippen LogP contribution < -0.4 is 4.90 Å². The maximum absolute atomic E-state index is 11.7. The molecule has 1 saturated carbocycles. The summed E-state index contributed by atoms with van der Waals surface area (Å²) >= 11 is 6.06. The normalized spacial score (nSPS) is 23.8. The van der Waals surface area contributed by atoms with Gasteiger partial charge >= 0.3 is 0 Å². The van der Waals surface area contributed by atoms with Gasteiger partial charge in [-0.3, -0.25) is 9.69 Å². The Bertz CT molecular complexity index is 497. The number of ketones is 1. The van der Waals surface area contributed by atoms with Crippen LogP contribution in [0.1, 0.15) is 25.7 Å². The van der Waals surface area contributed by atoms with Crippen molar-refractivity contribution in [1.82, 2.24) is 4.90 Å². The topological polar surface area (TPSA) is 23.6 Å². The fraction of sp³-hybridized carbons (Fsp3) is 0.588. The molecule has 0 amide bonds. The van der Waals surface area contributed by atoms with Crippen LogP contribution in [0.15, 0.2) is 24.3 Å². The minimum atomic E-state index is 0.343. The molecule has 1 aliphatic heterocycles. The van der Waals surface area contributed by atoms with Crippen molar-refractivity contribution in [2.75, 3.05) is 37.6 Å². The highest BCUT2D eigenvalue weighted by molar-refractivity contribution is 6.30. The minimum Gasteiger partial charge on any atom is -0.369 e. The Morgan fingerprint density at radius 3 is 2.67 bits per heavy atom. The number of rotatable bonds is 4. The minimum absolute atomic E-state index is 0.343. The van der Waals surface area contributed by atoms with Crippen LogP contribution in [0, 0.1) is 5.92 Å². The van der Waals surface area contributed by atoms with Crippen molar-refractivity contribution in [2.45, 2.75) is 25.7 Å². The third-order valence-corrected chi connectivity index (χ3v) is 5.01. The molecule has 114 valence electrons. The zero-order valence-electron chi connectivity index (χ0n) is 12.4. The quantitative estimate of drug-likeness (QED) is 0.853. The molecule has 0 spiro atoms.